The van der Waals surface area contributed by atoms with E-state index in [2.05, 4.69) is 0 Å². The quantitative estimate of drug-likeness (QED) is 0.538. The van der Waals surface area contributed by atoms with Crippen molar-refractivity contribution in [3.63, 3.8) is 0 Å². The van der Waals surface area contributed by atoms with E-state index in [1.807, 2.05) is 0 Å². The molecule has 5 heavy (non-hydrogen) atoms. The molecule has 1 nitrogen and oxygen atoms in total. The van der Waals surface area contributed by atoms with Crippen molar-refractivity contribution in [1.82, 2.24) is 0 Å². The van der Waals surface area contributed by atoms with Gasteiger partial charge in [0.2, 0.25) is 0 Å². The molecule has 0 aromatic carbocycles. The Kier molecular flexibility index (Phi) is 233. The summed E-state index contributed by atoms with van der Waals surface area (Å²) in [5.41, 5.74) is 0. The van der Waals surface area contributed by atoms with Gasteiger partial charge in [0, 0.05) is 0 Å². The Bertz CT molecular complexity index is 11.6. The van der Waals surface area contributed by atoms with Gasteiger partial charge in [-0.2, -0.15) is 0 Å². The largest absolute Gasteiger partial charge is 3.00 e. The molecule has 0 aliphatic rings. The molecule has 0 aromatic heterocycles. The summed E-state index contributed by atoms with van der Waals surface area (Å²) in [4.78, 5) is 0. The minimum atomic E-state index is 0. The first-order valence-corrected chi connectivity index (χ1v) is 0. The van der Waals surface area contributed by atoms with Gasteiger partial charge in [-0.3, -0.25) is 0 Å². The minimum Gasteiger partial charge on any atom is -2.00 e. The average molecular weight is 324 g/mol. The van der Waals surface area contributed by atoms with Crippen LogP contribution in [0.5, 0.6) is 0 Å². The van der Waals surface area contributed by atoms with E-state index in [1.54, 1.807) is 0 Å². The fourth-order valence-electron chi connectivity index (χ4n) is 0. The zero-order valence-electron chi connectivity index (χ0n) is 2.20. The predicted molar refractivity (Wildman–Crippen MR) is 6.44 cm³/mol. The third-order valence-corrected chi connectivity index (χ3v) is 0. The Hall–Kier alpha value is 3.10. The van der Waals surface area contributed by atoms with Crippen molar-refractivity contribution in [2.24, 2.45) is 0 Å². The molecular formula is BaCrCuMnO+7. The van der Waals surface area contributed by atoms with Crippen LogP contribution >= 0.6 is 0 Å². The number of hydrogen-bond donors (Lipinski definition) is 0. The molecule has 0 heterocycles. The molecule has 25 valence electrons. The third-order valence-electron chi connectivity index (χ3n) is 0. The van der Waals surface area contributed by atoms with Gasteiger partial charge in [-0.1, -0.05) is 0 Å². The smallest absolute Gasteiger partial charge is 2.00 e. The van der Waals surface area contributed by atoms with Gasteiger partial charge in [-0.05, 0) is 0 Å². The Labute approximate surface area is 103 Å². The third kappa shape index (κ3) is 19.2. The Morgan fingerprint density at radius 2 is 1.00 bits per heavy atom. The zero-order chi connectivity index (χ0) is 0. The van der Waals surface area contributed by atoms with Crippen LogP contribution in [0.1, 0.15) is 0 Å². The minimum absolute atomic E-state index is 0. The van der Waals surface area contributed by atoms with Crippen LogP contribution in [0.4, 0.5) is 0 Å². The summed E-state index contributed by atoms with van der Waals surface area (Å²) < 4.78 is 0. The molecule has 3 radical (unpaired) electrons. The molecule has 0 saturated carbocycles. The first kappa shape index (κ1) is 42.5. The van der Waals surface area contributed by atoms with Gasteiger partial charge in [0.1, 0.15) is 0 Å². The average Bonchev–Trinajstić information content (AvgIpc) is 0. The second-order valence-electron chi connectivity index (χ2n) is 0. The van der Waals surface area contributed by atoms with E-state index in [9.17, 15) is 0 Å². The fraction of sp³-hybridized carbons (Fsp3) is 0. The monoisotopic (exact) mass is 324 g/mol. The Morgan fingerprint density at radius 3 is 1.00 bits per heavy atom. The Morgan fingerprint density at radius 1 is 1.00 bits per heavy atom. The standard InChI is InChI=1S/Ba.Cr.Cu.Mn.O/q+2;+3;2*+2;-2. The van der Waals surface area contributed by atoms with Gasteiger partial charge in [0.25, 0.3) is 0 Å². The van der Waals surface area contributed by atoms with E-state index in [0.29, 0.717) is 0 Å². The van der Waals surface area contributed by atoms with Crippen LogP contribution in [0.3, 0.4) is 0 Å². The van der Waals surface area contributed by atoms with Crippen molar-refractivity contribution >= 4 is 48.9 Å². The summed E-state index contributed by atoms with van der Waals surface area (Å²) in [5, 5.41) is 0. The van der Waals surface area contributed by atoms with Crippen LogP contribution < -0.4 is 0 Å². The molecule has 0 spiro atoms. The zero-order valence-corrected chi connectivity index (χ0v) is 10.0. The summed E-state index contributed by atoms with van der Waals surface area (Å²) in [6.45, 7) is 0. The van der Waals surface area contributed by atoms with Gasteiger partial charge < -0.3 is 5.48 Å². The molecule has 0 rings (SSSR count). The molecule has 0 saturated heterocycles. The summed E-state index contributed by atoms with van der Waals surface area (Å²) in [6, 6.07) is 0. The van der Waals surface area contributed by atoms with Crippen molar-refractivity contribution in [3.05, 3.63) is 0 Å². The SMILES string of the molecule is [Ba+2].[Cr+3].[Cu+2].[Mn+2].[O-2]. The molecule has 0 aromatic rings. The molecule has 0 atom stereocenters. The van der Waals surface area contributed by atoms with Crippen molar-refractivity contribution < 1.29 is 57.0 Å². The maximum Gasteiger partial charge on any atom is 3.00 e. The second-order valence-corrected chi connectivity index (χ2v) is 0. The van der Waals surface area contributed by atoms with Gasteiger partial charge in [-0.15, -0.1) is 0 Å². The fourth-order valence-corrected chi connectivity index (χ4v) is 0. The van der Waals surface area contributed by atoms with Crippen LogP contribution in [0, 0.1) is 0 Å². The molecule has 0 aliphatic carbocycles. The van der Waals surface area contributed by atoms with Crippen LogP contribution in [-0.4, -0.2) is 48.9 Å². The topological polar surface area (TPSA) is 28.5 Å². The normalized spacial score (nSPS) is 0. The van der Waals surface area contributed by atoms with Gasteiger partial charge in [0.15, 0.2) is 0 Å². The molecule has 5 heteroatoms. The van der Waals surface area contributed by atoms with Crippen molar-refractivity contribution in [1.29, 1.82) is 0 Å². The van der Waals surface area contributed by atoms with E-state index in [4.69, 9.17) is 0 Å². The van der Waals surface area contributed by atoms with Gasteiger partial charge in [-0.25, -0.2) is 0 Å². The summed E-state index contributed by atoms with van der Waals surface area (Å²) in [5.74, 6) is 0. The van der Waals surface area contributed by atoms with Crippen LogP contribution in [0.25, 0.3) is 0 Å². The van der Waals surface area contributed by atoms with Crippen LogP contribution in [-0.2, 0) is 57.0 Å². The first-order chi connectivity index (χ1) is 0. The van der Waals surface area contributed by atoms with E-state index in [-0.39, 0.29) is 106 Å². The molecule has 0 amide bonds. The molecule has 0 fully saturated rings. The van der Waals surface area contributed by atoms with Crippen LogP contribution in [0.2, 0.25) is 0 Å². The van der Waals surface area contributed by atoms with Gasteiger partial charge in [0.05, 0.1) is 0 Å². The summed E-state index contributed by atoms with van der Waals surface area (Å²) in [7, 11) is 0. The van der Waals surface area contributed by atoms with E-state index < -0.39 is 0 Å². The van der Waals surface area contributed by atoms with E-state index >= 15 is 0 Å². The number of hydrogen-bond acceptors (Lipinski definition) is 0. The van der Waals surface area contributed by atoms with Crippen molar-refractivity contribution in [3.8, 4) is 0 Å². The molecule has 0 bridgehead atoms. The Balaban J connectivity index is 0. The van der Waals surface area contributed by atoms with Crippen molar-refractivity contribution in [2.75, 3.05) is 0 Å². The maximum atomic E-state index is 0. The van der Waals surface area contributed by atoms with Gasteiger partial charge >= 0.3 is 100 Å². The first-order valence-electron chi connectivity index (χ1n) is 0. The second kappa shape index (κ2) is 27.5. The van der Waals surface area contributed by atoms with E-state index in [0.717, 1.165) is 0 Å². The van der Waals surface area contributed by atoms with Crippen molar-refractivity contribution in [2.45, 2.75) is 0 Å². The molecule has 0 N–H and O–H groups in total. The van der Waals surface area contributed by atoms with Crippen LogP contribution in [0.15, 0.2) is 0 Å². The molecular weight excluding hydrogens is 324 g/mol. The summed E-state index contributed by atoms with van der Waals surface area (Å²) >= 11 is 0. The van der Waals surface area contributed by atoms with E-state index in [1.165, 1.54) is 0 Å². The molecule has 0 aliphatic heterocycles. The number of rotatable bonds is 0. The molecule has 0 unspecified atom stereocenters. The summed E-state index contributed by atoms with van der Waals surface area (Å²) in [6.07, 6.45) is 0. The predicted octanol–water partition coefficient (Wildman–Crippen LogP) is -0.507. The maximum absolute atomic E-state index is 0.